The highest BCUT2D eigenvalue weighted by Crippen LogP contribution is 2.49. The maximum absolute atomic E-state index is 6.16. The van der Waals surface area contributed by atoms with Crippen molar-refractivity contribution in [3.63, 3.8) is 0 Å². The van der Waals surface area contributed by atoms with Crippen molar-refractivity contribution < 1.29 is 4.74 Å². The Labute approximate surface area is 102 Å². The summed E-state index contributed by atoms with van der Waals surface area (Å²) < 4.78 is 6.16. The topological polar surface area (TPSA) is 25.0 Å². The van der Waals surface area contributed by atoms with E-state index in [1.54, 1.807) is 0 Å². The molecule has 0 saturated carbocycles. The minimum absolute atomic E-state index is 0.217. The van der Waals surface area contributed by atoms with Crippen LogP contribution in [0.15, 0.2) is 18.2 Å². The molecule has 1 N–H and O–H groups in total. The summed E-state index contributed by atoms with van der Waals surface area (Å²) >= 11 is 0. The van der Waals surface area contributed by atoms with Crippen LogP contribution in [0.25, 0.3) is 10.9 Å². The lowest BCUT2D eigenvalue weighted by Crippen LogP contribution is -2.23. The molecule has 0 spiro atoms. The monoisotopic (exact) mass is 229 g/mol. The number of ether oxygens (including phenoxy) is 1. The summed E-state index contributed by atoms with van der Waals surface area (Å²) in [5.41, 5.74) is 4.65. The number of benzene rings is 1. The van der Waals surface area contributed by atoms with Crippen molar-refractivity contribution in [1.29, 1.82) is 0 Å². The van der Waals surface area contributed by atoms with E-state index in [-0.39, 0.29) is 11.2 Å². The van der Waals surface area contributed by atoms with Crippen LogP contribution < -0.4 is 0 Å². The maximum atomic E-state index is 6.16. The number of rotatable bonds is 0. The molecule has 0 radical (unpaired) electrons. The molecule has 0 fully saturated rings. The van der Waals surface area contributed by atoms with Crippen LogP contribution in [0.1, 0.15) is 44.5 Å². The zero-order valence-corrected chi connectivity index (χ0v) is 11.1. The van der Waals surface area contributed by atoms with Crippen LogP contribution in [0, 0.1) is 6.92 Å². The number of nitrogens with one attached hydrogen (secondary N) is 1. The molecule has 90 valence electrons. The highest BCUT2D eigenvalue weighted by molar-refractivity contribution is 5.89. The normalized spacial score (nSPS) is 20.8. The van der Waals surface area contributed by atoms with E-state index in [1.807, 2.05) is 0 Å². The van der Waals surface area contributed by atoms with Crippen LogP contribution in [-0.2, 0) is 15.9 Å². The summed E-state index contributed by atoms with van der Waals surface area (Å²) in [5.74, 6) is 0. The number of aromatic amines is 1. The fourth-order valence-corrected chi connectivity index (χ4v) is 3.18. The van der Waals surface area contributed by atoms with Crippen molar-refractivity contribution in [3.8, 4) is 0 Å². The lowest BCUT2D eigenvalue weighted by Gasteiger charge is -2.25. The number of H-pyrrole nitrogens is 1. The molecule has 3 rings (SSSR count). The van der Waals surface area contributed by atoms with E-state index in [0.717, 1.165) is 0 Å². The third-order valence-electron chi connectivity index (χ3n) is 3.76. The number of aryl methyl sites for hydroxylation is 1. The van der Waals surface area contributed by atoms with Crippen LogP contribution >= 0.6 is 0 Å². The van der Waals surface area contributed by atoms with Crippen molar-refractivity contribution in [3.05, 3.63) is 35.0 Å². The second kappa shape index (κ2) is 2.94. The summed E-state index contributed by atoms with van der Waals surface area (Å²) in [6, 6.07) is 6.45. The van der Waals surface area contributed by atoms with Gasteiger partial charge in [0.25, 0.3) is 0 Å². The summed E-state index contributed by atoms with van der Waals surface area (Å²) in [5, 5.41) is 1.30. The first-order valence-corrected chi connectivity index (χ1v) is 6.15. The van der Waals surface area contributed by atoms with Crippen molar-refractivity contribution in [2.75, 3.05) is 0 Å². The summed E-state index contributed by atoms with van der Waals surface area (Å²) in [7, 11) is 0. The van der Waals surface area contributed by atoms with E-state index in [1.165, 1.54) is 27.7 Å². The van der Waals surface area contributed by atoms with Gasteiger partial charge in [0.05, 0.1) is 11.3 Å². The molecule has 1 aliphatic rings. The SMILES string of the molecule is Cc1cccc2c3c([nH]c12)C(C)(C)OC3(C)C. The van der Waals surface area contributed by atoms with E-state index in [9.17, 15) is 0 Å². The predicted octanol–water partition coefficient (Wildman–Crippen LogP) is 3.98. The molecule has 2 nitrogen and oxygen atoms in total. The molecular formula is C15H19NO. The van der Waals surface area contributed by atoms with Crippen LogP contribution in [0.4, 0.5) is 0 Å². The largest absolute Gasteiger partial charge is 0.359 e. The molecule has 17 heavy (non-hydrogen) atoms. The zero-order valence-electron chi connectivity index (χ0n) is 11.1. The molecule has 1 aromatic carbocycles. The molecule has 2 heteroatoms. The Bertz CT molecular complexity index is 605. The van der Waals surface area contributed by atoms with Gasteiger partial charge >= 0.3 is 0 Å². The third-order valence-corrected chi connectivity index (χ3v) is 3.76. The van der Waals surface area contributed by atoms with Crippen LogP contribution in [0.5, 0.6) is 0 Å². The fraction of sp³-hybridized carbons (Fsp3) is 0.467. The van der Waals surface area contributed by atoms with Gasteiger partial charge in [-0.15, -0.1) is 0 Å². The average Bonchev–Trinajstić information content (AvgIpc) is 2.64. The molecule has 0 bridgehead atoms. The van der Waals surface area contributed by atoms with Crippen LogP contribution in [0.2, 0.25) is 0 Å². The second-order valence-corrected chi connectivity index (χ2v) is 6.00. The standard InChI is InChI=1S/C15H19NO/c1-9-7-6-8-10-11-13(16-12(9)10)15(4,5)17-14(11,2)3/h6-8,16H,1-5H3. The number of hydrogen-bond donors (Lipinski definition) is 1. The van der Waals surface area contributed by atoms with Crippen LogP contribution in [-0.4, -0.2) is 4.98 Å². The zero-order chi connectivity index (χ0) is 12.4. The quantitative estimate of drug-likeness (QED) is 0.726. The summed E-state index contributed by atoms with van der Waals surface area (Å²) in [6.07, 6.45) is 0. The third kappa shape index (κ3) is 1.31. The Morgan fingerprint density at radius 3 is 2.47 bits per heavy atom. The molecule has 1 aliphatic heterocycles. The highest BCUT2D eigenvalue weighted by atomic mass is 16.5. The van der Waals surface area contributed by atoms with E-state index in [4.69, 9.17) is 4.74 Å². The molecule has 0 aliphatic carbocycles. The van der Waals surface area contributed by atoms with E-state index in [2.05, 4.69) is 57.8 Å². The van der Waals surface area contributed by atoms with Gasteiger partial charge < -0.3 is 9.72 Å². The fourth-order valence-electron chi connectivity index (χ4n) is 3.18. The summed E-state index contributed by atoms with van der Waals surface area (Å²) in [4.78, 5) is 3.57. The van der Waals surface area contributed by atoms with Gasteiger partial charge in [0, 0.05) is 16.5 Å². The predicted molar refractivity (Wildman–Crippen MR) is 70.2 cm³/mol. The van der Waals surface area contributed by atoms with Gasteiger partial charge in [-0.3, -0.25) is 0 Å². The maximum Gasteiger partial charge on any atom is 0.104 e. The number of fused-ring (bicyclic) bond motifs is 3. The lowest BCUT2D eigenvalue weighted by atomic mass is 9.94. The Morgan fingerprint density at radius 1 is 1.06 bits per heavy atom. The molecule has 1 aromatic heterocycles. The molecule has 0 amide bonds. The van der Waals surface area contributed by atoms with Crippen LogP contribution in [0.3, 0.4) is 0 Å². The first-order chi connectivity index (χ1) is 7.83. The van der Waals surface area contributed by atoms with Gasteiger partial charge in [0.1, 0.15) is 5.60 Å². The van der Waals surface area contributed by atoms with Gasteiger partial charge in [-0.25, -0.2) is 0 Å². The molecule has 2 aromatic rings. The van der Waals surface area contributed by atoms with E-state index < -0.39 is 0 Å². The first kappa shape index (κ1) is 10.8. The van der Waals surface area contributed by atoms with Crippen molar-refractivity contribution in [2.45, 2.75) is 45.8 Å². The molecular weight excluding hydrogens is 210 g/mol. The minimum Gasteiger partial charge on any atom is -0.359 e. The van der Waals surface area contributed by atoms with Crippen molar-refractivity contribution in [2.24, 2.45) is 0 Å². The Kier molecular flexibility index (Phi) is 1.87. The molecule has 0 saturated heterocycles. The van der Waals surface area contributed by atoms with Crippen molar-refractivity contribution >= 4 is 10.9 Å². The van der Waals surface area contributed by atoms with E-state index in [0.29, 0.717) is 0 Å². The van der Waals surface area contributed by atoms with Gasteiger partial charge in [-0.05, 0) is 40.2 Å². The van der Waals surface area contributed by atoms with Gasteiger partial charge in [0.15, 0.2) is 0 Å². The van der Waals surface area contributed by atoms with Crippen molar-refractivity contribution in [1.82, 2.24) is 4.98 Å². The highest BCUT2D eigenvalue weighted by Gasteiger charge is 2.45. The first-order valence-electron chi connectivity index (χ1n) is 6.15. The minimum atomic E-state index is -0.232. The van der Waals surface area contributed by atoms with Gasteiger partial charge in [-0.2, -0.15) is 0 Å². The Morgan fingerprint density at radius 2 is 1.76 bits per heavy atom. The number of para-hydroxylation sites is 1. The summed E-state index contributed by atoms with van der Waals surface area (Å²) in [6.45, 7) is 10.7. The molecule has 0 unspecified atom stereocenters. The Hall–Kier alpha value is -1.28. The van der Waals surface area contributed by atoms with Gasteiger partial charge in [-0.1, -0.05) is 18.2 Å². The van der Waals surface area contributed by atoms with Gasteiger partial charge in [0.2, 0.25) is 0 Å². The lowest BCUT2D eigenvalue weighted by molar-refractivity contribution is -0.106. The molecule has 0 atom stereocenters. The Balaban J connectivity index is 2.45. The molecule has 2 heterocycles. The van der Waals surface area contributed by atoms with E-state index >= 15 is 0 Å². The average molecular weight is 229 g/mol. The smallest absolute Gasteiger partial charge is 0.104 e. The second-order valence-electron chi connectivity index (χ2n) is 6.00. The number of aromatic nitrogens is 1. The number of hydrogen-bond acceptors (Lipinski definition) is 1.